The van der Waals surface area contributed by atoms with Crippen LogP contribution in [0.4, 0.5) is 24.5 Å². The SMILES string of the molecule is CCc1ccccc1N[C@H](C)C(=O)Nc1ccc(F)c(F)c1F. The first-order valence-electron chi connectivity index (χ1n) is 7.22. The molecule has 1 atom stereocenters. The Labute approximate surface area is 132 Å². The second-order valence-corrected chi connectivity index (χ2v) is 5.09. The second-order valence-electron chi connectivity index (χ2n) is 5.09. The number of halogens is 3. The van der Waals surface area contributed by atoms with Crippen LogP contribution in [0.5, 0.6) is 0 Å². The standard InChI is InChI=1S/C17H17F3N2O/c1-3-11-6-4-5-7-13(11)21-10(2)17(23)22-14-9-8-12(18)15(19)16(14)20/h4-10,21H,3H2,1-2H3,(H,22,23)/t10-/m1/s1. The minimum atomic E-state index is -1.61. The molecule has 2 rings (SSSR count). The van der Waals surface area contributed by atoms with Gasteiger partial charge in [-0.3, -0.25) is 4.79 Å². The number of anilines is 2. The van der Waals surface area contributed by atoms with E-state index in [0.717, 1.165) is 29.8 Å². The third-order valence-electron chi connectivity index (χ3n) is 3.46. The van der Waals surface area contributed by atoms with E-state index in [1.54, 1.807) is 6.92 Å². The van der Waals surface area contributed by atoms with Crippen LogP contribution >= 0.6 is 0 Å². The maximum atomic E-state index is 13.6. The maximum Gasteiger partial charge on any atom is 0.246 e. The van der Waals surface area contributed by atoms with Crippen molar-refractivity contribution in [2.45, 2.75) is 26.3 Å². The lowest BCUT2D eigenvalue weighted by molar-refractivity contribution is -0.116. The third-order valence-corrected chi connectivity index (χ3v) is 3.46. The Balaban J connectivity index is 2.10. The molecule has 1 amide bonds. The summed E-state index contributed by atoms with van der Waals surface area (Å²) in [5.74, 6) is -4.89. The summed E-state index contributed by atoms with van der Waals surface area (Å²) in [6, 6.07) is 8.56. The highest BCUT2D eigenvalue weighted by atomic mass is 19.2. The molecule has 0 aromatic heterocycles. The smallest absolute Gasteiger partial charge is 0.246 e. The van der Waals surface area contributed by atoms with Crippen LogP contribution in [0.3, 0.4) is 0 Å². The zero-order valence-electron chi connectivity index (χ0n) is 12.8. The number of hydrogen-bond donors (Lipinski definition) is 2. The fourth-order valence-corrected chi connectivity index (χ4v) is 2.13. The molecule has 6 heteroatoms. The highest BCUT2D eigenvalue weighted by Crippen LogP contribution is 2.21. The van der Waals surface area contributed by atoms with E-state index < -0.39 is 35.1 Å². The number of rotatable bonds is 5. The lowest BCUT2D eigenvalue weighted by atomic mass is 10.1. The van der Waals surface area contributed by atoms with Gasteiger partial charge in [0.15, 0.2) is 17.5 Å². The zero-order chi connectivity index (χ0) is 17.0. The highest BCUT2D eigenvalue weighted by Gasteiger charge is 2.19. The Bertz CT molecular complexity index is 719. The average molecular weight is 322 g/mol. The van der Waals surface area contributed by atoms with Gasteiger partial charge in [0.25, 0.3) is 0 Å². The summed E-state index contributed by atoms with van der Waals surface area (Å²) < 4.78 is 39.6. The van der Waals surface area contributed by atoms with E-state index in [1.165, 1.54) is 0 Å². The molecule has 0 unspecified atom stereocenters. The number of carbonyl (C=O) groups is 1. The summed E-state index contributed by atoms with van der Waals surface area (Å²) in [4.78, 5) is 12.1. The van der Waals surface area contributed by atoms with Gasteiger partial charge in [-0.2, -0.15) is 0 Å². The molecule has 0 aliphatic carbocycles. The van der Waals surface area contributed by atoms with E-state index >= 15 is 0 Å². The molecule has 0 saturated carbocycles. The fourth-order valence-electron chi connectivity index (χ4n) is 2.13. The fraction of sp³-hybridized carbons (Fsp3) is 0.235. The highest BCUT2D eigenvalue weighted by molar-refractivity contribution is 5.96. The minimum Gasteiger partial charge on any atom is -0.374 e. The normalized spacial score (nSPS) is 11.9. The first-order chi connectivity index (χ1) is 10.9. The molecule has 2 N–H and O–H groups in total. The molecule has 0 fully saturated rings. The first-order valence-corrected chi connectivity index (χ1v) is 7.22. The predicted octanol–water partition coefficient (Wildman–Crippen LogP) is 4.11. The Kier molecular flexibility index (Phi) is 5.26. The van der Waals surface area contributed by atoms with Crippen molar-refractivity contribution in [2.75, 3.05) is 10.6 Å². The van der Waals surface area contributed by atoms with Crippen LogP contribution < -0.4 is 10.6 Å². The number of para-hydroxylation sites is 1. The molecule has 122 valence electrons. The summed E-state index contributed by atoms with van der Waals surface area (Å²) in [6.07, 6.45) is 0.787. The third kappa shape index (κ3) is 3.83. The largest absolute Gasteiger partial charge is 0.374 e. The molecular formula is C17H17F3N2O. The van der Waals surface area contributed by atoms with E-state index in [4.69, 9.17) is 0 Å². The first kappa shape index (κ1) is 16.9. The molecule has 2 aromatic rings. The van der Waals surface area contributed by atoms with Crippen molar-refractivity contribution >= 4 is 17.3 Å². The van der Waals surface area contributed by atoms with Crippen LogP contribution in [-0.2, 0) is 11.2 Å². The van der Waals surface area contributed by atoms with Crippen LogP contribution in [0.25, 0.3) is 0 Å². The van der Waals surface area contributed by atoms with Crippen LogP contribution in [0.15, 0.2) is 36.4 Å². The van der Waals surface area contributed by atoms with Crippen molar-refractivity contribution in [3.63, 3.8) is 0 Å². The van der Waals surface area contributed by atoms with E-state index in [0.29, 0.717) is 0 Å². The molecule has 0 aliphatic rings. The number of amides is 1. The van der Waals surface area contributed by atoms with E-state index in [2.05, 4.69) is 10.6 Å². The van der Waals surface area contributed by atoms with E-state index in [9.17, 15) is 18.0 Å². The van der Waals surface area contributed by atoms with E-state index in [-0.39, 0.29) is 0 Å². The van der Waals surface area contributed by atoms with Gasteiger partial charge in [-0.25, -0.2) is 13.2 Å². The van der Waals surface area contributed by atoms with Crippen LogP contribution in [0.1, 0.15) is 19.4 Å². The van der Waals surface area contributed by atoms with Gasteiger partial charge in [0.1, 0.15) is 6.04 Å². The Morgan fingerprint density at radius 1 is 1.04 bits per heavy atom. The molecule has 0 heterocycles. The molecule has 0 saturated heterocycles. The summed E-state index contributed by atoms with van der Waals surface area (Å²) in [6.45, 7) is 3.58. The van der Waals surface area contributed by atoms with Crippen LogP contribution in [0, 0.1) is 17.5 Å². The van der Waals surface area contributed by atoms with Crippen molar-refractivity contribution in [2.24, 2.45) is 0 Å². The van der Waals surface area contributed by atoms with E-state index in [1.807, 2.05) is 31.2 Å². The molecule has 0 radical (unpaired) electrons. The second kappa shape index (κ2) is 7.17. The number of aryl methyl sites for hydroxylation is 1. The Morgan fingerprint density at radius 2 is 1.74 bits per heavy atom. The van der Waals surface area contributed by atoms with Crippen molar-refractivity contribution < 1.29 is 18.0 Å². The van der Waals surface area contributed by atoms with Gasteiger partial charge in [-0.1, -0.05) is 25.1 Å². The monoisotopic (exact) mass is 322 g/mol. The van der Waals surface area contributed by atoms with Gasteiger partial charge in [0.2, 0.25) is 5.91 Å². The molecule has 2 aromatic carbocycles. The Hall–Kier alpha value is -2.50. The number of hydrogen-bond acceptors (Lipinski definition) is 2. The summed E-state index contributed by atoms with van der Waals surface area (Å²) in [7, 11) is 0. The van der Waals surface area contributed by atoms with Crippen LogP contribution in [-0.4, -0.2) is 11.9 Å². The molecule has 0 aliphatic heterocycles. The van der Waals surface area contributed by atoms with Crippen molar-refractivity contribution in [3.8, 4) is 0 Å². The molecular weight excluding hydrogens is 305 g/mol. The topological polar surface area (TPSA) is 41.1 Å². The lowest BCUT2D eigenvalue weighted by Crippen LogP contribution is -2.32. The van der Waals surface area contributed by atoms with Gasteiger partial charge < -0.3 is 10.6 Å². The summed E-state index contributed by atoms with van der Waals surface area (Å²) >= 11 is 0. The zero-order valence-corrected chi connectivity index (χ0v) is 12.8. The summed E-state index contributed by atoms with van der Waals surface area (Å²) in [5, 5.41) is 5.28. The molecule has 3 nitrogen and oxygen atoms in total. The van der Waals surface area contributed by atoms with Gasteiger partial charge in [-0.15, -0.1) is 0 Å². The maximum absolute atomic E-state index is 13.6. The number of benzene rings is 2. The molecule has 0 spiro atoms. The summed E-state index contributed by atoms with van der Waals surface area (Å²) in [5.41, 5.74) is 1.43. The molecule has 0 bridgehead atoms. The van der Waals surface area contributed by atoms with Gasteiger partial charge in [-0.05, 0) is 37.1 Å². The molecule has 23 heavy (non-hydrogen) atoms. The Morgan fingerprint density at radius 3 is 2.43 bits per heavy atom. The minimum absolute atomic E-state index is 0.397. The number of nitrogens with one attached hydrogen (secondary N) is 2. The van der Waals surface area contributed by atoms with Crippen molar-refractivity contribution in [1.29, 1.82) is 0 Å². The predicted molar refractivity (Wildman–Crippen MR) is 83.9 cm³/mol. The van der Waals surface area contributed by atoms with Gasteiger partial charge in [0, 0.05) is 5.69 Å². The van der Waals surface area contributed by atoms with Gasteiger partial charge >= 0.3 is 0 Å². The average Bonchev–Trinajstić information content (AvgIpc) is 2.55. The number of carbonyl (C=O) groups excluding carboxylic acids is 1. The lowest BCUT2D eigenvalue weighted by Gasteiger charge is -2.18. The van der Waals surface area contributed by atoms with Crippen molar-refractivity contribution in [1.82, 2.24) is 0 Å². The quantitative estimate of drug-likeness (QED) is 0.814. The van der Waals surface area contributed by atoms with Gasteiger partial charge in [0.05, 0.1) is 5.69 Å². The van der Waals surface area contributed by atoms with Crippen LogP contribution in [0.2, 0.25) is 0 Å². The van der Waals surface area contributed by atoms with Crippen molar-refractivity contribution in [3.05, 3.63) is 59.4 Å².